The fourth-order valence-corrected chi connectivity index (χ4v) is 3.64. The number of carbonyl (C=O) groups excluding carboxylic acids is 2. The van der Waals surface area contributed by atoms with Gasteiger partial charge in [0.05, 0.1) is 0 Å². The smallest absolute Gasteiger partial charge is 0.338 e. The molecule has 0 N–H and O–H groups in total. The van der Waals surface area contributed by atoms with E-state index >= 15 is 0 Å². The number of rotatable bonds is 9. The molecule has 0 saturated carbocycles. The standard InChI is InChI=1S/C28H30O4/c1-6-7-8-9-12-20-15-16-23-24(17-20)26(32-28(30)19(4)5)22-14-11-10-13-21(22)25(23)31-27(29)18(2)3/h10-11,13-17H,2,4,6-9,12H2,1,3,5H3. The Morgan fingerprint density at radius 1 is 0.750 bits per heavy atom. The first-order chi connectivity index (χ1) is 15.3. The molecule has 0 bridgehead atoms. The molecule has 3 aromatic carbocycles. The molecule has 0 spiro atoms. The lowest BCUT2D eigenvalue weighted by atomic mass is 9.97. The number of benzene rings is 3. The van der Waals surface area contributed by atoms with Gasteiger partial charge in [-0.2, -0.15) is 0 Å². The van der Waals surface area contributed by atoms with Crippen molar-refractivity contribution in [3.8, 4) is 11.5 Å². The van der Waals surface area contributed by atoms with Crippen molar-refractivity contribution in [2.24, 2.45) is 0 Å². The largest absolute Gasteiger partial charge is 0.422 e. The van der Waals surface area contributed by atoms with Gasteiger partial charge in [-0.05, 0) is 38.3 Å². The Labute approximate surface area is 189 Å². The SMILES string of the molecule is C=C(C)C(=O)Oc1c2ccccc2c(OC(=O)C(=C)C)c2cc(CCCCCC)ccc12. The topological polar surface area (TPSA) is 52.6 Å². The summed E-state index contributed by atoms with van der Waals surface area (Å²) in [5.41, 5.74) is 1.77. The molecule has 0 saturated heterocycles. The van der Waals surface area contributed by atoms with Crippen molar-refractivity contribution in [3.63, 3.8) is 0 Å². The molecule has 166 valence electrons. The van der Waals surface area contributed by atoms with Crippen molar-refractivity contribution in [1.82, 2.24) is 0 Å². The summed E-state index contributed by atoms with van der Waals surface area (Å²) in [6.07, 6.45) is 5.58. The Morgan fingerprint density at radius 2 is 1.28 bits per heavy atom. The molecular weight excluding hydrogens is 400 g/mol. The minimum Gasteiger partial charge on any atom is -0.422 e. The van der Waals surface area contributed by atoms with Gasteiger partial charge in [0.25, 0.3) is 0 Å². The lowest BCUT2D eigenvalue weighted by Crippen LogP contribution is -2.11. The van der Waals surface area contributed by atoms with Gasteiger partial charge >= 0.3 is 11.9 Å². The minimum absolute atomic E-state index is 0.313. The van der Waals surface area contributed by atoms with Crippen molar-refractivity contribution < 1.29 is 19.1 Å². The average Bonchev–Trinajstić information content (AvgIpc) is 2.78. The van der Waals surface area contributed by atoms with E-state index in [1.807, 2.05) is 42.5 Å². The van der Waals surface area contributed by atoms with Gasteiger partial charge in [-0.25, -0.2) is 9.59 Å². The molecule has 0 aliphatic carbocycles. The van der Waals surface area contributed by atoms with Crippen LogP contribution >= 0.6 is 0 Å². The van der Waals surface area contributed by atoms with E-state index in [4.69, 9.17) is 9.47 Å². The van der Waals surface area contributed by atoms with Crippen LogP contribution in [0.5, 0.6) is 11.5 Å². The van der Waals surface area contributed by atoms with Crippen LogP contribution in [-0.4, -0.2) is 11.9 Å². The number of aryl methyl sites for hydroxylation is 1. The van der Waals surface area contributed by atoms with Crippen molar-refractivity contribution in [2.75, 3.05) is 0 Å². The maximum absolute atomic E-state index is 12.5. The first-order valence-corrected chi connectivity index (χ1v) is 11.1. The lowest BCUT2D eigenvalue weighted by Gasteiger charge is -2.17. The maximum Gasteiger partial charge on any atom is 0.338 e. The molecule has 0 aliphatic heterocycles. The molecule has 0 unspecified atom stereocenters. The van der Waals surface area contributed by atoms with E-state index in [0.717, 1.165) is 23.8 Å². The maximum atomic E-state index is 12.5. The van der Waals surface area contributed by atoms with Gasteiger partial charge in [0.2, 0.25) is 0 Å². The predicted octanol–water partition coefficient (Wildman–Crippen LogP) is 7.08. The molecule has 32 heavy (non-hydrogen) atoms. The second-order valence-electron chi connectivity index (χ2n) is 8.23. The van der Waals surface area contributed by atoms with Gasteiger partial charge in [0.15, 0.2) is 0 Å². The van der Waals surface area contributed by atoms with E-state index in [1.54, 1.807) is 13.8 Å². The lowest BCUT2D eigenvalue weighted by molar-refractivity contribution is -0.130. The van der Waals surface area contributed by atoms with Crippen LogP contribution in [0.1, 0.15) is 52.0 Å². The summed E-state index contributed by atoms with van der Waals surface area (Å²) in [5.74, 6) is -0.0892. The summed E-state index contributed by atoms with van der Waals surface area (Å²) >= 11 is 0. The highest BCUT2D eigenvalue weighted by Gasteiger charge is 2.21. The van der Waals surface area contributed by atoms with Gasteiger partial charge in [-0.1, -0.05) is 75.7 Å². The molecule has 3 aromatic rings. The van der Waals surface area contributed by atoms with Gasteiger partial charge in [0, 0.05) is 32.7 Å². The highest BCUT2D eigenvalue weighted by Crippen LogP contribution is 2.43. The number of hydrogen-bond acceptors (Lipinski definition) is 4. The highest BCUT2D eigenvalue weighted by atomic mass is 16.5. The third-order valence-electron chi connectivity index (χ3n) is 5.39. The van der Waals surface area contributed by atoms with Gasteiger partial charge in [0.1, 0.15) is 11.5 Å². The van der Waals surface area contributed by atoms with Crippen LogP contribution in [0.25, 0.3) is 21.5 Å². The Balaban J connectivity index is 2.23. The van der Waals surface area contributed by atoms with Crippen LogP contribution in [0.3, 0.4) is 0 Å². The summed E-state index contributed by atoms with van der Waals surface area (Å²) in [5, 5.41) is 2.83. The van der Waals surface area contributed by atoms with Crippen LogP contribution in [0, 0.1) is 0 Å². The molecule has 3 rings (SSSR count). The molecule has 4 nitrogen and oxygen atoms in total. The van der Waals surface area contributed by atoms with Crippen LogP contribution < -0.4 is 9.47 Å². The molecule has 4 heteroatoms. The summed E-state index contributed by atoms with van der Waals surface area (Å²) in [6.45, 7) is 12.8. The number of fused-ring (bicyclic) bond motifs is 2. The van der Waals surface area contributed by atoms with E-state index < -0.39 is 11.9 Å². The quantitative estimate of drug-likeness (QED) is 0.120. The molecule has 0 atom stereocenters. The Kier molecular flexibility index (Phi) is 7.47. The highest BCUT2D eigenvalue weighted by molar-refractivity contribution is 6.13. The minimum atomic E-state index is -0.494. The fraction of sp³-hybridized carbons (Fsp3) is 0.286. The zero-order chi connectivity index (χ0) is 23.3. The molecule has 0 heterocycles. The Morgan fingerprint density at radius 3 is 1.81 bits per heavy atom. The van der Waals surface area contributed by atoms with Gasteiger partial charge in [-0.3, -0.25) is 0 Å². The Bertz CT molecular complexity index is 1200. The molecular formula is C28H30O4. The second-order valence-corrected chi connectivity index (χ2v) is 8.23. The first kappa shape index (κ1) is 23.3. The van der Waals surface area contributed by atoms with Crippen molar-refractivity contribution in [1.29, 1.82) is 0 Å². The number of ether oxygens (including phenoxy) is 2. The summed E-state index contributed by atoms with van der Waals surface area (Å²) < 4.78 is 11.6. The molecule has 0 aliphatic rings. The molecule has 0 radical (unpaired) electrons. The van der Waals surface area contributed by atoms with Crippen LogP contribution in [0.4, 0.5) is 0 Å². The summed E-state index contributed by atoms with van der Waals surface area (Å²) in [6, 6.07) is 13.5. The zero-order valence-corrected chi connectivity index (χ0v) is 19.1. The fourth-order valence-electron chi connectivity index (χ4n) is 3.64. The van der Waals surface area contributed by atoms with E-state index in [1.165, 1.54) is 19.3 Å². The number of hydrogen-bond donors (Lipinski definition) is 0. The summed E-state index contributed by atoms with van der Waals surface area (Å²) in [7, 11) is 0. The normalized spacial score (nSPS) is 10.8. The number of esters is 2. The van der Waals surface area contributed by atoms with Crippen molar-refractivity contribution >= 4 is 33.5 Å². The molecule has 0 aromatic heterocycles. The van der Waals surface area contributed by atoms with Gasteiger partial charge in [-0.15, -0.1) is 0 Å². The van der Waals surface area contributed by atoms with Crippen LogP contribution in [0.2, 0.25) is 0 Å². The first-order valence-electron chi connectivity index (χ1n) is 11.1. The van der Waals surface area contributed by atoms with Gasteiger partial charge < -0.3 is 9.47 Å². The average molecular weight is 431 g/mol. The number of unbranched alkanes of at least 4 members (excludes halogenated alkanes) is 3. The van der Waals surface area contributed by atoms with E-state index in [2.05, 4.69) is 20.1 Å². The third kappa shape index (κ3) is 5.08. The van der Waals surface area contributed by atoms with E-state index in [9.17, 15) is 9.59 Å². The van der Waals surface area contributed by atoms with E-state index in [-0.39, 0.29) is 0 Å². The van der Waals surface area contributed by atoms with Crippen molar-refractivity contribution in [3.05, 3.63) is 72.3 Å². The zero-order valence-electron chi connectivity index (χ0n) is 19.1. The predicted molar refractivity (Wildman–Crippen MR) is 130 cm³/mol. The van der Waals surface area contributed by atoms with Crippen LogP contribution in [-0.2, 0) is 16.0 Å². The molecule has 0 amide bonds. The molecule has 0 fully saturated rings. The third-order valence-corrected chi connectivity index (χ3v) is 5.39. The Hall–Kier alpha value is -3.40. The monoisotopic (exact) mass is 430 g/mol. The number of carbonyl (C=O) groups is 2. The van der Waals surface area contributed by atoms with Crippen LogP contribution in [0.15, 0.2) is 66.8 Å². The van der Waals surface area contributed by atoms with Crippen molar-refractivity contribution in [2.45, 2.75) is 52.9 Å². The van der Waals surface area contributed by atoms with E-state index in [0.29, 0.717) is 38.8 Å². The second kappa shape index (κ2) is 10.3. The summed E-state index contributed by atoms with van der Waals surface area (Å²) in [4.78, 5) is 24.9.